The molecule has 2 aliphatic heterocycles. The van der Waals surface area contributed by atoms with E-state index < -0.39 is 0 Å². The van der Waals surface area contributed by atoms with Crippen molar-refractivity contribution in [2.24, 2.45) is 11.8 Å². The van der Waals surface area contributed by atoms with Gasteiger partial charge in [-0.2, -0.15) is 0 Å². The van der Waals surface area contributed by atoms with Crippen LogP contribution in [0.1, 0.15) is 36.1 Å². The zero-order valence-corrected chi connectivity index (χ0v) is 19.2. The highest BCUT2D eigenvalue weighted by molar-refractivity contribution is 5.40. The molecule has 0 saturated carbocycles. The number of benzene rings is 1. The molecule has 3 unspecified atom stereocenters. The van der Waals surface area contributed by atoms with Crippen LogP contribution in [0.4, 0.5) is 4.39 Å². The van der Waals surface area contributed by atoms with Gasteiger partial charge in [0.05, 0.1) is 5.54 Å². The molecule has 3 heterocycles. The maximum absolute atomic E-state index is 13.2. The van der Waals surface area contributed by atoms with E-state index in [2.05, 4.69) is 32.2 Å². The first kappa shape index (κ1) is 21.3. The number of rotatable bonds is 4. The van der Waals surface area contributed by atoms with Gasteiger partial charge in [0.1, 0.15) is 5.82 Å². The number of fused-ring (bicyclic) bond motifs is 1. The first-order valence-corrected chi connectivity index (χ1v) is 12.5. The zero-order chi connectivity index (χ0) is 22.4. The van der Waals surface area contributed by atoms with Gasteiger partial charge in [0.15, 0.2) is 0 Å². The van der Waals surface area contributed by atoms with Gasteiger partial charge < -0.3 is 10.3 Å². The normalized spacial score (nSPS) is 29.8. The van der Waals surface area contributed by atoms with E-state index in [1.54, 1.807) is 23.8 Å². The van der Waals surface area contributed by atoms with Crippen molar-refractivity contribution < 1.29 is 4.39 Å². The fourth-order valence-electron chi connectivity index (χ4n) is 6.89. The number of nitrogens with zero attached hydrogens (tertiary/aromatic N) is 2. The number of pyridine rings is 1. The van der Waals surface area contributed by atoms with E-state index in [1.807, 2.05) is 12.1 Å². The Bertz CT molecular complexity index is 1100. The fourth-order valence-corrected chi connectivity index (χ4v) is 6.89. The number of piperidine rings is 1. The molecule has 6 heteroatoms. The number of hydrogen-bond donors (Lipinski definition) is 2. The highest BCUT2D eigenvalue weighted by Crippen LogP contribution is 2.52. The van der Waals surface area contributed by atoms with Crippen LogP contribution in [-0.4, -0.2) is 54.1 Å². The predicted molar refractivity (Wildman–Crippen MR) is 127 cm³/mol. The van der Waals surface area contributed by atoms with Crippen molar-refractivity contribution in [1.82, 2.24) is 20.1 Å². The van der Waals surface area contributed by atoms with Crippen molar-refractivity contribution in [1.29, 1.82) is 0 Å². The molecule has 0 spiro atoms. The van der Waals surface area contributed by atoms with Gasteiger partial charge >= 0.3 is 0 Å². The van der Waals surface area contributed by atoms with Crippen molar-refractivity contribution in [2.75, 3.05) is 39.3 Å². The van der Waals surface area contributed by atoms with Crippen LogP contribution in [0.5, 0.6) is 0 Å². The van der Waals surface area contributed by atoms with E-state index in [0.717, 1.165) is 64.3 Å². The minimum Gasteiger partial charge on any atom is -0.326 e. The summed E-state index contributed by atoms with van der Waals surface area (Å²) in [4.78, 5) is 20.2. The molecule has 1 aromatic carbocycles. The molecule has 2 aromatic rings. The lowest BCUT2D eigenvalue weighted by atomic mass is 9.57. The van der Waals surface area contributed by atoms with E-state index >= 15 is 0 Å². The Hall–Kier alpha value is -2.28. The lowest BCUT2D eigenvalue weighted by Gasteiger charge is -2.55. The Morgan fingerprint density at radius 1 is 1.00 bits per heavy atom. The quantitative estimate of drug-likeness (QED) is 0.706. The van der Waals surface area contributed by atoms with Crippen molar-refractivity contribution in [3.63, 3.8) is 0 Å². The summed E-state index contributed by atoms with van der Waals surface area (Å²) in [7, 11) is 0. The van der Waals surface area contributed by atoms with Crippen LogP contribution in [0.15, 0.2) is 52.8 Å². The minimum atomic E-state index is -0.169. The Kier molecular flexibility index (Phi) is 5.47. The fraction of sp³-hybridized carbons (Fsp3) is 0.519. The second-order valence-corrected chi connectivity index (χ2v) is 10.4. The summed E-state index contributed by atoms with van der Waals surface area (Å²) in [5.41, 5.74) is 5.20. The van der Waals surface area contributed by atoms with Crippen LogP contribution in [0.25, 0.3) is 0 Å². The molecule has 2 saturated heterocycles. The molecule has 2 aliphatic carbocycles. The summed E-state index contributed by atoms with van der Waals surface area (Å²) in [5.74, 6) is 0.963. The van der Waals surface area contributed by atoms with Crippen LogP contribution in [-0.2, 0) is 18.5 Å². The number of hydrogen-bond acceptors (Lipinski definition) is 4. The van der Waals surface area contributed by atoms with E-state index in [0.29, 0.717) is 11.8 Å². The number of allylic oxidation sites excluding steroid dienone is 1. The Balaban J connectivity index is 1.14. The van der Waals surface area contributed by atoms with Crippen LogP contribution in [0, 0.1) is 17.7 Å². The van der Waals surface area contributed by atoms with Crippen LogP contribution in [0.2, 0.25) is 0 Å². The second-order valence-electron chi connectivity index (χ2n) is 10.4. The molecular weight excluding hydrogens is 415 g/mol. The zero-order valence-electron chi connectivity index (χ0n) is 19.2. The molecule has 0 radical (unpaired) electrons. The third-order valence-corrected chi connectivity index (χ3v) is 8.37. The summed E-state index contributed by atoms with van der Waals surface area (Å²) in [6.45, 7) is 7.21. The first-order chi connectivity index (χ1) is 16.1. The van der Waals surface area contributed by atoms with Gasteiger partial charge in [0.2, 0.25) is 5.56 Å². The molecule has 1 aromatic heterocycles. The monoisotopic (exact) mass is 448 g/mol. The highest BCUT2D eigenvalue weighted by Gasteiger charge is 2.52. The smallest absolute Gasteiger partial charge is 0.248 e. The molecule has 2 N–H and O–H groups in total. The first-order valence-electron chi connectivity index (χ1n) is 12.5. The molecule has 5 nitrogen and oxygen atoms in total. The number of nitrogens with one attached hydrogen (secondary N) is 2. The molecule has 6 rings (SSSR count). The highest BCUT2D eigenvalue weighted by atomic mass is 19.1. The van der Waals surface area contributed by atoms with Gasteiger partial charge in [-0.3, -0.25) is 14.6 Å². The van der Waals surface area contributed by atoms with Gasteiger partial charge in [0, 0.05) is 51.0 Å². The predicted octanol–water partition coefficient (Wildman–Crippen LogP) is 3.03. The van der Waals surface area contributed by atoms with Crippen LogP contribution in [0.3, 0.4) is 0 Å². The lowest BCUT2D eigenvalue weighted by molar-refractivity contribution is 0.0806. The summed E-state index contributed by atoms with van der Waals surface area (Å²) in [6.07, 6.45) is 7.05. The average molecular weight is 449 g/mol. The molecule has 33 heavy (non-hydrogen) atoms. The average Bonchev–Trinajstić information content (AvgIpc) is 2.81. The minimum absolute atomic E-state index is 0.0141. The van der Waals surface area contributed by atoms with E-state index in [9.17, 15) is 9.18 Å². The van der Waals surface area contributed by atoms with Gasteiger partial charge in [0.25, 0.3) is 0 Å². The molecular formula is C27H33FN4O. The molecule has 4 aliphatic rings. The largest absolute Gasteiger partial charge is 0.326 e. The third-order valence-electron chi connectivity index (χ3n) is 8.37. The van der Waals surface area contributed by atoms with Gasteiger partial charge in [-0.15, -0.1) is 0 Å². The van der Waals surface area contributed by atoms with E-state index in [1.165, 1.54) is 24.0 Å². The van der Waals surface area contributed by atoms with Crippen molar-refractivity contribution in [2.45, 2.75) is 37.8 Å². The van der Waals surface area contributed by atoms with Crippen molar-refractivity contribution >= 4 is 0 Å². The van der Waals surface area contributed by atoms with Gasteiger partial charge in [-0.05, 0) is 73.4 Å². The standard InChI is InChI=1S/C27H33FN4O/c28-22-5-3-19(4-6-22)17-31-10-12-32(13-11-31)18-20-14-21-15-25-24(7-8-26(33)30-25)27(16-20)23(21)2-1-9-29-27/h3-8,14,21,23,29H,1-2,9-13,15-18H2,(H,30,33). The van der Waals surface area contributed by atoms with Gasteiger partial charge in [-0.25, -0.2) is 4.39 Å². The maximum atomic E-state index is 13.2. The number of aromatic nitrogens is 1. The maximum Gasteiger partial charge on any atom is 0.248 e. The topological polar surface area (TPSA) is 51.4 Å². The number of aromatic amines is 1. The van der Waals surface area contributed by atoms with E-state index in [-0.39, 0.29) is 16.9 Å². The van der Waals surface area contributed by atoms with Crippen LogP contribution >= 0.6 is 0 Å². The molecule has 174 valence electrons. The SMILES string of the molecule is O=c1ccc2c([nH]1)CC1C=C(CN3CCN(Cc4ccc(F)cc4)CC3)CC23NCCCC13. The Morgan fingerprint density at radius 3 is 2.55 bits per heavy atom. The summed E-state index contributed by atoms with van der Waals surface area (Å²) >= 11 is 0. The summed E-state index contributed by atoms with van der Waals surface area (Å²) in [6, 6.07) is 10.7. The molecule has 2 fully saturated rings. The second kappa shape index (κ2) is 8.49. The summed E-state index contributed by atoms with van der Waals surface area (Å²) < 4.78 is 13.2. The van der Waals surface area contributed by atoms with Crippen LogP contribution < -0.4 is 10.9 Å². The summed E-state index contributed by atoms with van der Waals surface area (Å²) in [5, 5.41) is 3.93. The number of H-pyrrole nitrogens is 1. The molecule has 3 atom stereocenters. The lowest BCUT2D eigenvalue weighted by Crippen LogP contribution is -2.59. The van der Waals surface area contributed by atoms with Crippen molar-refractivity contribution in [3.8, 4) is 0 Å². The van der Waals surface area contributed by atoms with E-state index in [4.69, 9.17) is 0 Å². The Labute approximate surface area is 194 Å². The number of piperazine rings is 1. The third kappa shape index (κ3) is 3.98. The van der Waals surface area contributed by atoms with Crippen molar-refractivity contribution in [3.05, 3.63) is 81.0 Å². The Morgan fingerprint density at radius 2 is 1.76 bits per heavy atom. The molecule has 0 amide bonds. The van der Waals surface area contributed by atoms with Gasteiger partial charge in [-0.1, -0.05) is 23.8 Å². The number of halogens is 1. The molecule has 2 bridgehead atoms.